The molecular weight excluding hydrogens is 522 g/mol. The van der Waals surface area contributed by atoms with E-state index >= 15 is 0 Å². The van der Waals surface area contributed by atoms with E-state index in [0.29, 0.717) is 11.0 Å². The Bertz CT molecular complexity index is 1390. The Kier molecular flexibility index (Phi) is 5.54. The van der Waals surface area contributed by atoms with Crippen molar-refractivity contribution in [2.45, 2.75) is 43.8 Å². The van der Waals surface area contributed by atoms with E-state index < -0.39 is 70.1 Å². The lowest BCUT2D eigenvalue weighted by Crippen LogP contribution is -2.48. The monoisotopic (exact) mass is 540 g/mol. The largest absolute Gasteiger partial charge is 0.477 e. The number of fused-ring (bicyclic) bond motifs is 5. The summed E-state index contributed by atoms with van der Waals surface area (Å²) >= 11 is 0. The van der Waals surface area contributed by atoms with Crippen LogP contribution in [0.2, 0.25) is 0 Å². The number of benzene rings is 1. The molecular formula is C24H18F6N4O4. The van der Waals surface area contributed by atoms with E-state index in [2.05, 4.69) is 9.97 Å². The lowest BCUT2D eigenvalue weighted by molar-refractivity contribution is -0.145. The number of rotatable bonds is 4. The van der Waals surface area contributed by atoms with Crippen molar-refractivity contribution in [3.63, 3.8) is 0 Å². The van der Waals surface area contributed by atoms with Gasteiger partial charge in [0.15, 0.2) is 0 Å². The molecule has 3 aliphatic heterocycles. The zero-order valence-electron chi connectivity index (χ0n) is 19.7. The van der Waals surface area contributed by atoms with Gasteiger partial charge in [0, 0.05) is 18.2 Å². The highest BCUT2D eigenvalue weighted by atomic mass is 19.4. The van der Waals surface area contributed by atoms with Crippen LogP contribution in [0, 0.1) is 29.1 Å². The summed E-state index contributed by atoms with van der Waals surface area (Å²) in [6, 6.07) is 5.19. The molecule has 38 heavy (non-hydrogen) atoms. The number of hydrogen-bond donors (Lipinski definition) is 0. The maximum Gasteiger partial charge on any atom is 0.451 e. The number of ether oxygens (including phenoxy) is 2. The average molecular weight is 540 g/mol. The zero-order chi connectivity index (χ0) is 27.8. The number of imide groups is 1. The average Bonchev–Trinajstić information content (AvgIpc) is 3.36. The van der Waals surface area contributed by atoms with E-state index in [4.69, 9.17) is 14.7 Å². The molecule has 0 aliphatic carbocycles. The van der Waals surface area contributed by atoms with Crippen molar-refractivity contribution in [2.75, 3.05) is 11.5 Å². The molecule has 0 unspecified atom stereocenters. The number of carbonyl (C=O) groups excluding carboxylic acids is 2. The van der Waals surface area contributed by atoms with Crippen LogP contribution in [-0.2, 0) is 26.7 Å². The third-order valence-corrected chi connectivity index (χ3v) is 7.50. The van der Waals surface area contributed by atoms with Gasteiger partial charge in [-0.2, -0.15) is 36.6 Å². The maximum absolute atomic E-state index is 13.5. The Morgan fingerprint density at radius 3 is 2.42 bits per heavy atom. The Morgan fingerprint density at radius 1 is 1.11 bits per heavy atom. The van der Waals surface area contributed by atoms with Crippen molar-refractivity contribution in [1.82, 2.24) is 9.97 Å². The van der Waals surface area contributed by atoms with Gasteiger partial charge in [0.05, 0.1) is 52.5 Å². The maximum atomic E-state index is 13.5. The fraction of sp³-hybridized carbons (Fsp3) is 0.458. The van der Waals surface area contributed by atoms with Gasteiger partial charge in [0.25, 0.3) is 0 Å². The second-order valence-corrected chi connectivity index (χ2v) is 9.83. The van der Waals surface area contributed by atoms with Crippen LogP contribution in [0.3, 0.4) is 0 Å². The molecule has 200 valence electrons. The molecule has 14 heteroatoms. The van der Waals surface area contributed by atoms with Crippen LogP contribution in [-0.4, -0.2) is 39.6 Å². The van der Waals surface area contributed by atoms with Gasteiger partial charge < -0.3 is 9.47 Å². The first-order valence-corrected chi connectivity index (χ1v) is 11.3. The Balaban J connectivity index is 1.43. The molecule has 5 rings (SSSR count). The van der Waals surface area contributed by atoms with Gasteiger partial charge >= 0.3 is 12.4 Å². The summed E-state index contributed by atoms with van der Waals surface area (Å²) in [5, 5.41) is 9.05. The van der Waals surface area contributed by atoms with Crippen LogP contribution < -0.4 is 9.64 Å². The van der Waals surface area contributed by atoms with Crippen LogP contribution in [0.25, 0.3) is 0 Å². The Morgan fingerprint density at radius 2 is 1.79 bits per heavy atom. The van der Waals surface area contributed by atoms with Crippen LogP contribution in [0.4, 0.5) is 32.0 Å². The molecule has 3 saturated heterocycles. The van der Waals surface area contributed by atoms with Gasteiger partial charge in [0.2, 0.25) is 23.5 Å². The highest BCUT2D eigenvalue weighted by molar-refractivity contribution is 6.23. The number of anilines is 1. The molecule has 5 atom stereocenters. The number of aromatic nitrogens is 2. The minimum Gasteiger partial charge on any atom is -0.477 e. The van der Waals surface area contributed by atoms with Gasteiger partial charge in [-0.1, -0.05) is 0 Å². The number of hydrogen-bond acceptors (Lipinski definition) is 7. The Hall–Kier alpha value is -3.73. The predicted molar refractivity (Wildman–Crippen MR) is 114 cm³/mol. The predicted octanol–water partition coefficient (Wildman–Crippen LogP) is 4.14. The molecule has 0 spiro atoms. The minimum absolute atomic E-state index is 0.194. The topological polar surface area (TPSA) is 105 Å². The van der Waals surface area contributed by atoms with E-state index in [1.165, 1.54) is 6.07 Å². The van der Waals surface area contributed by atoms with E-state index in [1.807, 2.05) is 0 Å². The summed E-state index contributed by atoms with van der Waals surface area (Å²) in [7, 11) is 0. The van der Waals surface area contributed by atoms with Gasteiger partial charge in [-0.15, -0.1) is 0 Å². The molecule has 4 heterocycles. The van der Waals surface area contributed by atoms with E-state index in [9.17, 15) is 35.9 Å². The number of alkyl halides is 6. The van der Waals surface area contributed by atoms with E-state index in [0.717, 1.165) is 24.4 Å². The number of amides is 2. The second-order valence-electron chi connectivity index (χ2n) is 9.83. The van der Waals surface area contributed by atoms with Gasteiger partial charge in [-0.05, 0) is 38.5 Å². The normalized spacial score (nSPS) is 30.5. The molecule has 1 aromatic heterocycles. The van der Waals surface area contributed by atoms with Crippen molar-refractivity contribution in [3.05, 3.63) is 47.4 Å². The molecule has 0 N–H and O–H groups in total. The highest BCUT2D eigenvalue weighted by Crippen LogP contribution is 2.63. The lowest BCUT2D eigenvalue weighted by atomic mass is 9.64. The number of halogens is 6. The fourth-order valence-corrected chi connectivity index (χ4v) is 5.92. The highest BCUT2D eigenvalue weighted by Gasteiger charge is 2.75. The molecule has 2 amide bonds. The van der Waals surface area contributed by atoms with E-state index in [-0.39, 0.29) is 24.6 Å². The number of nitriles is 1. The quantitative estimate of drug-likeness (QED) is 0.424. The summed E-state index contributed by atoms with van der Waals surface area (Å²) in [5.41, 5.74) is -4.71. The SMILES string of the molecule is C[C@]12O[C@](C)(C[C@H]1COc1ccnc(C(F)(F)F)n1)[C@H]1C(=O)N(c3ccc(C#N)c(C(F)(F)F)c3)C(=O)[C@H]12. The van der Waals surface area contributed by atoms with Crippen molar-refractivity contribution < 1.29 is 45.4 Å². The Labute approximate surface area is 211 Å². The molecule has 1 aromatic carbocycles. The molecule has 0 radical (unpaired) electrons. The first-order valence-electron chi connectivity index (χ1n) is 11.3. The summed E-state index contributed by atoms with van der Waals surface area (Å²) < 4.78 is 90.9. The lowest BCUT2D eigenvalue weighted by Gasteiger charge is -2.35. The van der Waals surface area contributed by atoms with Crippen molar-refractivity contribution in [2.24, 2.45) is 17.8 Å². The van der Waals surface area contributed by atoms with Crippen LogP contribution in [0.15, 0.2) is 30.5 Å². The summed E-state index contributed by atoms with van der Waals surface area (Å²) in [4.78, 5) is 34.1. The molecule has 3 aliphatic rings. The summed E-state index contributed by atoms with van der Waals surface area (Å²) in [6.07, 6.45) is -8.57. The first-order chi connectivity index (χ1) is 17.6. The fourth-order valence-electron chi connectivity index (χ4n) is 5.92. The van der Waals surface area contributed by atoms with E-state index in [1.54, 1.807) is 13.8 Å². The molecule has 8 nitrogen and oxygen atoms in total. The van der Waals surface area contributed by atoms with Crippen LogP contribution in [0.5, 0.6) is 5.88 Å². The second kappa shape index (κ2) is 8.13. The zero-order valence-corrected chi connectivity index (χ0v) is 19.7. The standard InChI is InChI=1S/C24H18F6N4O4/c1-21-8-12(10-37-15-5-6-32-20(33-15)24(28,29)30)22(2,38-21)17-16(21)18(35)34(19(17)36)13-4-3-11(9-31)14(7-13)23(25,26)27/h3-7,12,16-17H,8,10H2,1-2H3/t12-,16+,17-,21+,22-/m0/s1. The molecule has 3 fully saturated rings. The first kappa shape index (κ1) is 25.9. The number of nitrogens with zero attached hydrogens (tertiary/aromatic N) is 4. The van der Waals surface area contributed by atoms with Crippen LogP contribution >= 0.6 is 0 Å². The van der Waals surface area contributed by atoms with Crippen molar-refractivity contribution >= 4 is 17.5 Å². The smallest absolute Gasteiger partial charge is 0.451 e. The third-order valence-electron chi connectivity index (χ3n) is 7.50. The van der Waals surface area contributed by atoms with Gasteiger partial charge in [-0.3, -0.25) is 9.59 Å². The summed E-state index contributed by atoms with van der Waals surface area (Å²) in [5.74, 6) is -5.83. The minimum atomic E-state index is -4.89. The molecule has 2 aromatic rings. The molecule has 2 bridgehead atoms. The number of carbonyl (C=O) groups is 2. The van der Waals surface area contributed by atoms with Crippen molar-refractivity contribution in [3.8, 4) is 11.9 Å². The molecule has 0 saturated carbocycles. The summed E-state index contributed by atoms with van der Waals surface area (Å²) in [6.45, 7) is 2.99. The van der Waals surface area contributed by atoms with Crippen LogP contribution in [0.1, 0.15) is 37.2 Å². The third kappa shape index (κ3) is 3.79. The van der Waals surface area contributed by atoms with Gasteiger partial charge in [0.1, 0.15) is 0 Å². The van der Waals surface area contributed by atoms with Crippen molar-refractivity contribution in [1.29, 1.82) is 5.26 Å². The van der Waals surface area contributed by atoms with Gasteiger partial charge in [-0.25, -0.2) is 9.88 Å².